The zero-order valence-electron chi connectivity index (χ0n) is 11.5. The first-order chi connectivity index (χ1) is 9.56. The van der Waals surface area contributed by atoms with Gasteiger partial charge in [-0.25, -0.2) is 4.39 Å². The Hall–Kier alpha value is -1.72. The highest BCUT2D eigenvalue weighted by molar-refractivity contribution is 5.91. The second-order valence-corrected chi connectivity index (χ2v) is 4.94. The van der Waals surface area contributed by atoms with E-state index in [0.29, 0.717) is 19.7 Å². The number of morpholine rings is 1. The van der Waals surface area contributed by atoms with E-state index in [4.69, 9.17) is 10.5 Å². The molecule has 1 heterocycles. The summed E-state index contributed by atoms with van der Waals surface area (Å²) >= 11 is 0. The van der Waals surface area contributed by atoms with Crippen LogP contribution in [0.2, 0.25) is 0 Å². The summed E-state index contributed by atoms with van der Waals surface area (Å²) in [5, 5.41) is 0. The lowest BCUT2D eigenvalue weighted by Crippen LogP contribution is -2.51. The van der Waals surface area contributed by atoms with Crippen molar-refractivity contribution in [3.63, 3.8) is 0 Å². The molecule has 2 unspecified atom stereocenters. The van der Waals surface area contributed by atoms with Gasteiger partial charge in [0.1, 0.15) is 5.82 Å². The Morgan fingerprint density at radius 3 is 2.85 bits per heavy atom. The fourth-order valence-corrected chi connectivity index (χ4v) is 2.04. The second-order valence-electron chi connectivity index (χ2n) is 4.94. The number of ether oxygens (including phenoxy) is 1. The summed E-state index contributed by atoms with van der Waals surface area (Å²) in [6, 6.07) is 5.88. The number of rotatable bonds is 3. The molecule has 108 valence electrons. The SMILES string of the molecule is CC(N)C1CN(C(=O)/C=C/c2ccc(F)cc2)CCO1. The Labute approximate surface area is 118 Å². The summed E-state index contributed by atoms with van der Waals surface area (Å²) in [5.41, 5.74) is 6.58. The molecular formula is C15H19FN2O2. The number of benzene rings is 1. The third-order valence-electron chi connectivity index (χ3n) is 3.28. The van der Waals surface area contributed by atoms with Crippen molar-refractivity contribution in [2.75, 3.05) is 19.7 Å². The molecule has 0 saturated carbocycles. The van der Waals surface area contributed by atoms with Crippen LogP contribution in [0.25, 0.3) is 6.08 Å². The molecule has 2 N–H and O–H groups in total. The van der Waals surface area contributed by atoms with E-state index in [1.807, 2.05) is 6.92 Å². The van der Waals surface area contributed by atoms with Gasteiger partial charge in [-0.15, -0.1) is 0 Å². The minimum Gasteiger partial charge on any atom is -0.373 e. The molecule has 0 aliphatic carbocycles. The van der Waals surface area contributed by atoms with Crippen LogP contribution in [0.3, 0.4) is 0 Å². The van der Waals surface area contributed by atoms with Gasteiger partial charge >= 0.3 is 0 Å². The standard InChI is InChI=1S/C15H19FN2O2/c1-11(17)14-10-18(8-9-20-14)15(19)7-4-12-2-5-13(16)6-3-12/h2-7,11,14H,8-10,17H2,1H3/b7-4+. The van der Waals surface area contributed by atoms with Crippen LogP contribution < -0.4 is 5.73 Å². The fraction of sp³-hybridized carbons (Fsp3) is 0.400. The predicted molar refractivity (Wildman–Crippen MR) is 75.4 cm³/mol. The molecule has 20 heavy (non-hydrogen) atoms. The van der Waals surface area contributed by atoms with Crippen molar-refractivity contribution in [2.45, 2.75) is 19.1 Å². The van der Waals surface area contributed by atoms with Crippen molar-refractivity contribution in [3.05, 3.63) is 41.7 Å². The maximum atomic E-state index is 12.8. The Morgan fingerprint density at radius 2 is 2.20 bits per heavy atom. The maximum Gasteiger partial charge on any atom is 0.246 e. The van der Waals surface area contributed by atoms with Crippen LogP contribution in [-0.2, 0) is 9.53 Å². The maximum absolute atomic E-state index is 12.8. The largest absolute Gasteiger partial charge is 0.373 e. The van der Waals surface area contributed by atoms with Crippen molar-refractivity contribution in [1.82, 2.24) is 4.90 Å². The summed E-state index contributed by atoms with van der Waals surface area (Å²) in [7, 11) is 0. The molecule has 1 aliphatic rings. The number of nitrogens with zero attached hydrogens (tertiary/aromatic N) is 1. The first-order valence-electron chi connectivity index (χ1n) is 6.66. The molecule has 2 rings (SSSR count). The highest BCUT2D eigenvalue weighted by Crippen LogP contribution is 2.10. The van der Waals surface area contributed by atoms with Crippen molar-refractivity contribution in [1.29, 1.82) is 0 Å². The van der Waals surface area contributed by atoms with Crippen LogP contribution in [0.15, 0.2) is 30.3 Å². The molecule has 2 atom stereocenters. The number of carbonyl (C=O) groups excluding carboxylic acids is 1. The van der Waals surface area contributed by atoms with Gasteiger partial charge in [0.25, 0.3) is 0 Å². The van der Waals surface area contributed by atoms with Crippen LogP contribution in [0.5, 0.6) is 0 Å². The van der Waals surface area contributed by atoms with Gasteiger partial charge in [0, 0.05) is 25.2 Å². The Balaban J connectivity index is 1.95. The first kappa shape index (κ1) is 14.7. The van der Waals surface area contributed by atoms with Gasteiger partial charge < -0.3 is 15.4 Å². The van der Waals surface area contributed by atoms with Gasteiger partial charge in [0.05, 0.1) is 12.7 Å². The minimum absolute atomic E-state index is 0.0803. The predicted octanol–water partition coefficient (Wildman–Crippen LogP) is 1.41. The monoisotopic (exact) mass is 278 g/mol. The second kappa shape index (κ2) is 6.63. The molecule has 1 amide bonds. The fourth-order valence-electron chi connectivity index (χ4n) is 2.04. The lowest BCUT2D eigenvalue weighted by atomic mass is 10.1. The third kappa shape index (κ3) is 3.88. The van der Waals surface area contributed by atoms with Gasteiger partial charge in [-0.05, 0) is 30.7 Å². The molecule has 0 radical (unpaired) electrons. The Bertz CT molecular complexity index is 485. The zero-order chi connectivity index (χ0) is 14.5. The van der Waals surface area contributed by atoms with E-state index < -0.39 is 0 Å². The molecule has 1 aromatic rings. The summed E-state index contributed by atoms with van der Waals surface area (Å²) < 4.78 is 18.3. The van der Waals surface area contributed by atoms with Crippen molar-refractivity contribution >= 4 is 12.0 Å². The smallest absolute Gasteiger partial charge is 0.246 e. The average Bonchev–Trinajstić information content (AvgIpc) is 2.46. The van der Waals surface area contributed by atoms with E-state index >= 15 is 0 Å². The highest BCUT2D eigenvalue weighted by Gasteiger charge is 2.25. The van der Waals surface area contributed by atoms with Crippen molar-refractivity contribution < 1.29 is 13.9 Å². The highest BCUT2D eigenvalue weighted by atomic mass is 19.1. The van der Waals surface area contributed by atoms with Gasteiger partial charge in [-0.3, -0.25) is 4.79 Å². The van der Waals surface area contributed by atoms with Crippen LogP contribution in [0.1, 0.15) is 12.5 Å². The molecule has 1 aliphatic heterocycles. The molecule has 0 spiro atoms. The van der Waals surface area contributed by atoms with Gasteiger partial charge in [0.2, 0.25) is 5.91 Å². The van der Waals surface area contributed by atoms with Gasteiger partial charge in [-0.1, -0.05) is 12.1 Å². The van der Waals surface area contributed by atoms with Crippen LogP contribution in [-0.4, -0.2) is 42.6 Å². The van der Waals surface area contributed by atoms with Gasteiger partial charge in [0.15, 0.2) is 0 Å². The summed E-state index contributed by atoms with van der Waals surface area (Å²) in [6.07, 6.45) is 3.06. The minimum atomic E-state index is -0.290. The number of amides is 1. The van der Waals surface area contributed by atoms with Crippen LogP contribution in [0, 0.1) is 5.82 Å². The van der Waals surface area contributed by atoms with E-state index in [2.05, 4.69) is 0 Å². The van der Waals surface area contributed by atoms with Gasteiger partial charge in [-0.2, -0.15) is 0 Å². The van der Waals surface area contributed by atoms with E-state index in [1.165, 1.54) is 18.2 Å². The molecule has 0 bridgehead atoms. The number of hydrogen-bond donors (Lipinski definition) is 1. The number of hydrogen-bond acceptors (Lipinski definition) is 3. The van der Waals surface area contributed by atoms with Crippen LogP contribution in [0.4, 0.5) is 4.39 Å². The quantitative estimate of drug-likeness (QED) is 0.851. The molecule has 1 saturated heterocycles. The first-order valence-corrected chi connectivity index (χ1v) is 6.66. The average molecular weight is 278 g/mol. The summed E-state index contributed by atoms with van der Waals surface area (Å²) in [5.74, 6) is -0.371. The number of halogens is 1. The Morgan fingerprint density at radius 1 is 1.50 bits per heavy atom. The van der Waals surface area contributed by atoms with E-state index in [0.717, 1.165) is 5.56 Å². The topological polar surface area (TPSA) is 55.6 Å². The number of nitrogens with two attached hydrogens (primary N) is 1. The Kier molecular flexibility index (Phi) is 4.87. The zero-order valence-corrected chi connectivity index (χ0v) is 11.5. The van der Waals surface area contributed by atoms with E-state index in [9.17, 15) is 9.18 Å². The molecular weight excluding hydrogens is 259 g/mol. The summed E-state index contributed by atoms with van der Waals surface area (Å²) in [4.78, 5) is 13.8. The third-order valence-corrected chi connectivity index (χ3v) is 3.28. The normalized spacial score (nSPS) is 21.1. The molecule has 5 heteroatoms. The van der Waals surface area contributed by atoms with E-state index in [1.54, 1.807) is 23.1 Å². The molecule has 1 fully saturated rings. The molecule has 1 aromatic carbocycles. The van der Waals surface area contributed by atoms with E-state index in [-0.39, 0.29) is 23.9 Å². The van der Waals surface area contributed by atoms with Crippen LogP contribution >= 0.6 is 0 Å². The molecule has 4 nitrogen and oxygen atoms in total. The van der Waals surface area contributed by atoms with Crippen molar-refractivity contribution in [3.8, 4) is 0 Å². The lowest BCUT2D eigenvalue weighted by molar-refractivity contribution is -0.134. The summed E-state index contributed by atoms with van der Waals surface area (Å²) in [6.45, 7) is 3.44. The van der Waals surface area contributed by atoms with Crippen molar-refractivity contribution in [2.24, 2.45) is 5.73 Å². The number of carbonyl (C=O) groups is 1. The molecule has 0 aromatic heterocycles. The lowest BCUT2D eigenvalue weighted by Gasteiger charge is -2.34.